The van der Waals surface area contributed by atoms with E-state index in [-0.39, 0.29) is 5.41 Å². The first-order valence-electron chi connectivity index (χ1n) is 8.62. The minimum Gasteiger partial charge on any atom is -0.201 e. The molecule has 0 bridgehead atoms. The van der Waals surface area contributed by atoms with Gasteiger partial charge in [-0.25, -0.2) is 4.57 Å². The van der Waals surface area contributed by atoms with E-state index in [2.05, 4.69) is 94.0 Å². The van der Waals surface area contributed by atoms with Gasteiger partial charge in [0, 0.05) is 17.0 Å². The minimum absolute atomic E-state index is 0.0164. The van der Waals surface area contributed by atoms with Crippen molar-refractivity contribution < 1.29 is 4.57 Å². The Hall–Kier alpha value is -2.41. The van der Waals surface area contributed by atoms with Crippen molar-refractivity contribution in [2.24, 2.45) is 7.05 Å². The molecule has 0 saturated heterocycles. The number of aromatic nitrogens is 1. The van der Waals surface area contributed by atoms with E-state index < -0.39 is 0 Å². The summed E-state index contributed by atoms with van der Waals surface area (Å²) in [6, 6.07) is 17.8. The van der Waals surface area contributed by atoms with Gasteiger partial charge in [0.2, 0.25) is 5.69 Å². The SMILES string of the molecule is Cc1ccc2c(c1-c1c(C)ccc[n+]1C)C(C)(C)c1ccccc1-2. The van der Waals surface area contributed by atoms with Crippen LogP contribution in [0.1, 0.15) is 36.1 Å². The largest absolute Gasteiger partial charge is 0.215 e. The summed E-state index contributed by atoms with van der Waals surface area (Å²) in [5.74, 6) is 0. The fourth-order valence-electron chi connectivity index (χ4n) is 4.40. The van der Waals surface area contributed by atoms with Crippen LogP contribution in [0, 0.1) is 13.8 Å². The third-order valence-electron chi connectivity index (χ3n) is 5.55. The molecule has 4 rings (SSSR count). The quantitative estimate of drug-likeness (QED) is 0.550. The Balaban J connectivity index is 2.14. The highest BCUT2D eigenvalue weighted by atomic mass is 14.9. The van der Waals surface area contributed by atoms with Gasteiger partial charge in [-0.05, 0) is 47.7 Å². The van der Waals surface area contributed by atoms with Crippen molar-refractivity contribution in [3.63, 3.8) is 0 Å². The lowest BCUT2D eigenvalue weighted by atomic mass is 9.78. The van der Waals surface area contributed by atoms with E-state index in [4.69, 9.17) is 0 Å². The zero-order valence-electron chi connectivity index (χ0n) is 15.1. The molecular weight excluding hydrogens is 290 g/mol. The number of hydrogen-bond acceptors (Lipinski definition) is 0. The van der Waals surface area contributed by atoms with Gasteiger partial charge in [0.25, 0.3) is 0 Å². The van der Waals surface area contributed by atoms with Crippen LogP contribution in [0.3, 0.4) is 0 Å². The highest BCUT2D eigenvalue weighted by molar-refractivity contribution is 5.88. The standard InChI is InChI=1S/C23H24N/c1-15-12-13-18-17-10-6-7-11-19(17)23(3,4)21(18)20(15)22-16(2)9-8-14-24(22)5/h6-14H,1-5H3/q+1. The van der Waals surface area contributed by atoms with Gasteiger partial charge < -0.3 is 0 Å². The average Bonchev–Trinajstić information content (AvgIpc) is 2.78. The molecular formula is C23H24N+. The van der Waals surface area contributed by atoms with Crippen molar-refractivity contribution in [2.75, 3.05) is 0 Å². The molecule has 1 aliphatic carbocycles. The molecule has 120 valence electrons. The summed E-state index contributed by atoms with van der Waals surface area (Å²) < 4.78 is 2.26. The Labute approximate surface area is 144 Å². The Morgan fingerprint density at radius 3 is 2.29 bits per heavy atom. The Morgan fingerprint density at radius 2 is 1.54 bits per heavy atom. The van der Waals surface area contributed by atoms with Crippen LogP contribution >= 0.6 is 0 Å². The number of rotatable bonds is 1. The normalized spacial score (nSPS) is 14.4. The molecule has 0 spiro atoms. The molecule has 0 N–H and O–H groups in total. The predicted octanol–water partition coefficient (Wildman–Crippen LogP) is 5.10. The van der Waals surface area contributed by atoms with Crippen molar-refractivity contribution >= 4 is 0 Å². The van der Waals surface area contributed by atoms with Gasteiger partial charge in [-0.2, -0.15) is 0 Å². The fourth-order valence-corrected chi connectivity index (χ4v) is 4.40. The van der Waals surface area contributed by atoms with Crippen molar-refractivity contribution in [2.45, 2.75) is 33.1 Å². The summed E-state index contributed by atoms with van der Waals surface area (Å²) >= 11 is 0. The van der Waals surface area contributed by atoms with Crippen molar-refractivity contribution in [1.82, 2.24) is 0 Å². The lowest BCUT2D eigenvalue weighted by Gasteiger charge is -2.25. The Morgan fingerprint density at radius 1 is 0.792 bits per heavy atom. The molecule has 0 atom stereocenters. The average molecular weight is 314 g/mol. The third-order valence-corrected chi connectivity index (χ3v) is 5.55. The smallest absolute Gasteiger partial charge is 0.201 e. The van der Waals surface area contributed by atoms with Crippen LogP contribution in [0.25, 0.3) is 22.4 Å². The monoisotopic (exact) mass is 314 g/mol. The lowest BCUT2D eigenvalue weighted by molar-refractivity contribution is -0.660. The maximum Gasteiger partial charge on any atom is 0.215 e. The summed E-state index contributed by atoms with van der Waals surface area (Å²) in [6.45, 7) is 9.17. The van der Waals surface area contributed by atoms with E-state index in [1.54, 1.807) is 0 Å². The van der Waals surface area contributed by atoms with E-state index in [1.165, 1.54) is 44.6 Å². The number of pyridine rings is 1. The number of aryl methyl sites for hydroxylation is 3. The molecule has 1 nitrogen and oxygen atoms in total. The van der Waals surface area contributed by atoms with E-state index in [0.29, 0.717) is 0 Å². The second kappa shape index (κ2) is 5.04. The summed E-state index contributed by atoms with van der Waals surface area (Å²) in [7, 11) is 2.15. The molecule has 2 aromatic carbocycles. The molecule has 0 amide bonds. The molecule has 0 radical (unpaired) electrons. The van der Waals surface area contributed by atoms with Crippen LogP contribution in [0.5, 0.6) is 0 Å². The molecule has 0 aliphatic heterocycles. The summed E-state index contributed by atoms with van der Waals surface area (Å²) in [5, 5.41) is 0. The lowest BCUT2D eigenvalue weighted by Crippen LogP contribution is -2.32. The van der Waals surface area contributed by atoms with Gasteiger partial charge >= 0.3 is 0 Å². The van der Waals surface area contributed by atoms with Gasteiger partial charge in [-0.1, -0.05) is 50.2 Å². The highest BCUT2D eigenvalue weighted by Gasteiger charge is 2.39. The van der Waals surface area contributed by atoms with Gasteiger partial charge in [-0.15, -0.1) is 0 Å². The Kier molecular flexibility index (Phi) is 3.18. The number of fused-ring (bicyclic) bond motifs is 3. The van der Waals surface area contributed by atoms with E-state index in [1.807, 2.05) is 0 Å². The topological polar surface area (TPSA) is 3.88 Å². The van der Waals surface area contributed by atoms with Crippen LogP contribution in [-0.2, 0) is 12.5 Å². The maximum absolute atomic E-state index is 2.36. The van der Waals surface area contributed by atoms with Crippen LogP contribution < -0.4 is 4.57 Å². The summed E-state index contributed by atoms with van der Waals surface area (Å²) in [4.78, 5) is 0. The molecule has 24 heavy (non-hydrogen) atoms. The maximum atomic E-state index is 2.36. The van der Waals surface area contributed by atoms with Crippen molar-refractivity contribution in [3.05, 3.63) is 77.0 Å². The Bertz CT molecular complexity index is 944. The molecule has 3 aromatic rings. The van der Waals surface area contributed by atoms with Crippen LogP contribution in [0.2, 0.25) is 0 Å². The first-order chi connectivity index (χ1) is 11.4. The molecule has 0 fully saturated rings. The summed E-state index contributed by atoms with van der Waals surface area (Å²) in [5.41, 5.74) is 11.1. The van der Waals surface area contributed by atoms with Gasteiger partial charge in [-0.3, -0.25) is 0 Å². The molecule has 1 aromatic heterocycles. The van der Waals surface area contributed by atoms with Gasteiger partial charge in [0.05, 0.1) is 5.56 Å². The van der Waals surface area contributed by atoms with Crippen molar-refractivity contribution in [1.29, 1.82) is 0 Å². The van der Waals surface area contributed by atoms with E-state index in [0.717, 1.165) is 0 Å². The molecule has 1 aliphatic rings. The molecule has 1 heterocycles. The fraction of sp³-hybridized carbons (Fsp3) is 0.261. The van der Waals surface area contributed by atoms with Crippen LogP contribution in [0.4, 0.5) is 0 Å². The van der Waals surface area contributed by atoms with Crippen LogP contribution in [0.15, 0.2) is 54.7 Å². The number of hydrogen-bond donors (Lipinski definition) is 0. The highest BCUT2D eigenvalue weighted by Crippen LogP contribution is 2.52. The number of benzene rings is 2. The van der Waals surface area contributed by atoms with Crippen LogP contribution in [-0.4, -0.2) is 0 Å². The number of nitrogens with zero attached hydrogens (tertiary/aromatic N) is 1. The summed E-state index contributed by atoms with van der Waals surface area (Å²) in [6.07, 6.45) is 2.15. The molecule has 0 saturated carbocycles. The zero-order valence-corrected chi connectivity index (χ0v) is 15.1. The van der Waals surface area contributed by atoms with E-state index in [9.17, 15) is 0 Å². The first kappa shape index (κ1) is 15.1. The second-order valence-corrected chi connectivity index (χ2v) is 7.50. The second-order valence-electron chi connectivity index (χ2n) is 7.50. The first-order valence-corrected chi connectivity index (χ1v) is 8.62. The molecule has 0 unspecified atom stereocenters. The zero-order chi connectivity index (χ0) is 17.1. The van der Waals surface area contributed by atoms with Crippen molar-refractivity contribution in [3.8, 4) is 22.4 Å². The van der Waals surface area contributed by atoms with Gasteiger partial charge in [0.15, 0.2) is 6.20 Å². The predicted molar refractivity (Wildman–Crippen MR) is 100 cm³/mol. The third kappa shape index (κ3) is 1.91. The van der Waals surface area contributed by atoms with E-state index >= 15 is 0 Å². The van der Waals surface area contributed by atoms with Gasteiger partial charge in [0.1, 0.15) is 7.05 Å². The molecule has 1 heteroatoms. The minimum atomic E-state index is 0.0164.